The summed E-state index contributed by atoms with van der Waals surface area (Å²) in [5.74, 6) is -0.486. The Morgan fingerprint density at radius 1 is 0.870 bits per heavy atom. The molecular weight excluding hydrogens is 421 g/mol. The van der Waals surface area contributed by atoms with Gasteiger partial charge in [0, 0.05) is 5.02 Å². The Morgan fingerprint density at radius 2 is 1.52 bits per heavy atom. The van der Waals surface area contributed by atoms with Gasteiger partial charge in [0.15, 0.2) is 5.11 Å². The highest BCUT2D eigenvalue weighted by atomic mass is 35.5. The molecule has 0 fully saturated rings. The van der Waals surface area contributed by atoms with Crippen molar-refractivity contribution in [1.29, 1.82) is 0 Å². The van der Waals surface area contributed by atoms with Crippen molar-refractivity contribution < 1.29 is 4.79 Å². The van der Waals surface area contributed by atoms with Crippen molar-refractivity contribution in [1.82, 2.24) is 5.32 Å². The quantitative estimate of drug-likeness (QED) is 0.450. The van der Waals surface area contributed by atoms with E-state index in [-0.39, 0.29) is 15.7 Å². The monoisotopic (exact) mass is 426 g/mol. The molecule has 0 saturated carbocycles. The lowest BCUT2D eigenvalue weighted by Crippen LogP contribution is -2.34. The predicted octanol–water partition coefficient (Wildman–Crippen LogP) is 6.08. The lowest BCUT2D eigenvalue weighted by Gasteiger charge is -2.12. The Balaban J connectivity index is 2.10. The lowest BCUT2D eigenvalue weighted by molar-refractivity contribution is 0.0978. The molecule has 2 aromatic rings. The smallest absolute Gasteiger partial charge is 0.258 e. The molecule has 0 saturated heterocycles. The van der Waals surface area contributed by atoms with Crippen molar-refractivity contribution >= 4 is 86.9 Å². The van der Waals surface area contributed by atoms with Crippen molar-refractivity contribution in [3.8, 4) is 0 Å². The van der Waals surface area contributed by atoms with Gasteiger partial charge in [0.25, 0.3) is 5.91 Å². The predicted molar refractivity (Wildman–Crippen MR) is 102 cm³/mol. The average Bonchev–Trinajstić information content (AvgIpc) is 2.44. The summed E-state index contributed by atoms with van der Waals surface area (Å²) in [6.07, 6.45) is 0. The molecule has 0 aliphatic heterocycles. The van der Waals surface area contributed by atoms with E-state index in [1.54, 1.807) is 6.07 Å². The first-order chi connectivity index (χ1) is 10.8. The zero-order valence-electron chi connectivity index (χ0n) is 11.1. The first-order valence-corrected chi connectivity index (χ1v) is 8.29. The average molecular weight is 429 g/mol. The van der Waals surface area contributed by atoms with Crippen LogP contribution in [-0.2, 0) is 0 Å². The molecule has 2 N–H and O–H groups in total. The summed E-state index contributed by atoms with van der Waals surface area (Å²) in [6, 6.07) is 7.47. The molecule has 3 nitrogen and oxygen atoms in total. The second kappa shape index (κ2) is 7.88. The minimum atomic E-state index is -0.486. The largest absolute Gasteiger partial charge is 0.331 e. The van der Waals surface area contributed by atoms with Crippen LogP contribution in [0.15, 0.2) is 30.3 Å². The van der Waals surface area contributed by atoms with Crippen molar-refractivity contribution in [3.05, 3.63) is 61.0 Å². The standard InChI is InChI=1S/C14H7Cl5N2OS/c15-6-1-2-7(8(16)3-6)13(22)21-14(23)20-12-5-10(18)9(17)4-11(12)19/h1-5H,(H2,20,21,22,23). The van der Waals surface area contributed by atoms with Crippen molar-refractivity contribution in [3.63, 3.8) is 0 Å². The molecule has 0 spiro atoms. The highest BCUT2D eigenvalue weighted by Gasteiger charge is 2.13. The van der Waals surface area contributed by atoms with Gasteiger partial charge in [0.2, 0.25) is 0 Å². The van der Waals surface area contributed by atoms with Gasteiger partial charge in [-0.1, -0.05) is 58.0 Å². The van der Waals surface area contributed by atoms with E-state index in [0.717, 1.165) is 0 Å². The maximum atomic E-state index is 12.1. The highest BCUT2D eigenvalue weighted by Crippen LogP contribution is 2.32. The van der Waals surface area contributed by atoms with E-state index >= 15 is 0 Å². The van der Waals surface area contributed by atoms with Gasteiger partial charge in [0.1, 0.15) is 0 Å². The molecule has 0 atom stereocenters. The van der Waals surface area contributed by atoms with Crippen LogP contribution < -0.4 is 10.6 Å². The first-order valence-electron chi connectivity index (χ1n) is 6.00. The van der Waals surface area contributed by atoms with Crippen molar-refractivity contribution in [2.24, 2.45) is 0 Å². The van der Waals surface area contributed by atoms with Crippen LogP contribution in [0.3, 0.4) is 0 Å². The topological polar surface area (TPSA) is 41.1 Å². The fraction of sp³-hybridized carbons (Fsp3) is 0. The SMILES string of the molecule is O=C(NC(=S)Nc1cc(Cl)c(Cl)cc1Cl)c1ccc(Cl)cc1Cl. The van der Waals surface area contributed by atoms with Crippen LogP contribution in [0.5, 0.6) is 0 Å². The Morgan fingerprint density at radius 3 is 2.17 bits per heavy atom. The molecule has 2 rings (SSSR count). The second-order valence-electron chi connectivity index (χ2n) is 4.28. The molecule has 0 radical (unpaired) electrons. The maximum absolute atomic E-state index is 12.1. The van der Waals surface area contributed by atoms with Crippen LogP contribution in [-0.4, -0.2) is 11.0 Å². The minimum Gasteiger partial charge on any atom is -0.331 e. The highest BCUT2D eigenvalue weighted by molar-refractivity contribution is 7.80. The molecule has 1 amide bonds. The van der Waals surface area contributed by atoms with Crippen LogP contribution in [0, 0.1) is 0 Å². The minimum absolute atomic E-state index is 0.0290. The summed E-state index contributed by atoms with van der Waals surface area (Å²) < 4.78 is 0. The Labute approximate surface area is 162 Å². The molecule has 0 aliphatic carbocycles. The summed E-state index contributed by atoms with van der Waals surface area (Å²) in [5, 5.41) is 6.83. The number of nitrogens with one attached hydrogen (secondary N) is 2. The lowest BCUT2D eigenvalue weighted by atomic mass is 10.2. The summed E-state index contributed by atoms with van der Waals surface area (Å²) in [7, 11) is 0. The number of carbonyl (C=O) groups excluding carboxylic acids is 1. The number of carbonyl (C=O) groups is 1. The van der Waals surface area contributed by atoms with Crippen LogP contribution in [0.25, 0.3) is 0 Å². The maximum Gasteiger partial charge on any atom is 0.258 e. The van der Waals surface area contributed by atoms with Gasteiger partial charge in [-0.15, -0.1) is 0 Å². The fourth-order valence-electron chi connectivity index (χ4n) is 1.62. The number of anilines is 1. The summed E-state index contributed by atoms with van der Waals surface area (Å²) in [4.78, 5) is 12.1. The zero-order valence-corrected chi connectivity index (χ0v) is 15.7. The molecule has 0 heterocycles. The Kier molecular flexibility index (Phi) is 6.37. The molecule has 0 unspecified atom stereocenters. The molecule has 2 aromatic carbocycles. The molecule has 0 aliphatic rings. The van der Waals surface area contributed by atoms with E-state index < -0.39 is 5.91 Å². The number of hydrogen-bond donors (Lipinski definition) is 2. The van der Waals surface area contributed by atoms with Gasteiger partial charge in [-0.2, -0.15) is 0 Å². The normalized spacial score (nSPS) is 10.3. The van der Waals surface area contributed by atoms with Gasteiger partial charge in [-0.25, -0.2) is 0 Å². The number of rotatable bonds is 2. The molecule has 0 aromatic heterocycles. The van der Waals surface area contributed by atoms with E-state index in [4.69, 9.17) is 70.2 Å². The van der Waals surface area contributed by atoms with E-state index in [1.807, 2.05) is 0 Å². The Hall–Kier alpha value is -0.750. The third kappa shape index (κ3) is 4.86. The van der Waals surface area contributed by atoms with Crippen LogP contribution in [0.4, 0.5) is 5.69 Å². The van der Waals surface area contributed by atoms with Crippen LogP contribution >= 0.6 is 70.2 Å². The van der Waals surface area contributed by atoms with Gasteiger partial charge in [-0.05, 0) is 42.5 Å². The summed E-state index contributed by atoms with van der Waals surface area (Å²) in [6.45, 7) is 0. The second-order valence-corrected chi connectivity index (χ2v) is 6.75. The molecular formula is C14H7Cl5N2OS. The number of halogens is 5. The van der Waals surface area contributed by atoms with Gasteiger partial charge < -0.3 is 5.32 Å². The summed E-state index contributed by atoms with van der Waals surface area (Å²) >= 11 is 34.6. The number of amides is 1. The molecule has 120 valence electrons. The van der Waals surface area contributed by atoms with Crippen LogP contribution in [0.1, 0.15) is 10.4 Å². The Bertz CT molecular complexity index is 797. The van der Waals surface area contributed by atoms with Gasteiger partial charge >= 0.3 is 0 Å². The van der Waals surface area contributed by atoms with E-state index in [0.29, 0.717) is 25.8 Å². The van der Waals surface area contributed by atoms with E-state index in [9.17, 15) is 4.79 Å². The third-order valence-electron chi connectivity index (χ3n) is 2.66. The van der Waals surface area contributed by atoms with Crippen LogP contribution in [0.2, 0.25) is 25.1 Å². The third-order valence-corrected chi connectivity index (χ3v) is 4.45. The summed E-state index contributed by atoms with van der Waals surface area (Å²) in [5.41, 5.74) is 0.647. The number of benzene rings is 2. The number of thiocarbonyl (C=S) groups is 1. The molecule has 23 heavy (non-hydrogen) atoms. The molecule has 0 bridgehead atoms. The van der Waals surface area contributed by atoms with E-state index in [2.05, 4.69) is 10.6 Å². The van der Waals surface area contributed by atoms with Crippen molar-refractivity contribution in [2.45, 2.75) is 0 Å². The first kappa shape index (κ1) is 18.6. The zero-order chi connectivity index (χ0) is 17.1. The van der Waals surface area contributed by atoms with Crippen molar-refractivity contribution in [2.75, 3.05) is 5.32 Å². The van der Waals surface area contributed by atoms with E-state index in [1.165, 1.54) is 24.3 Å². The molecule has 9 heteroatoms. The number of hydrogen-bond acceptors (Lipinski definition) is 2. The van der Waals surface area contributed by atoms with Gasteiger partial charge in [-0.3, -0.25) is 10.1 Å². The fourth-order valence-corrected chi connectivity index (χ4v) is 2.91. The van der Waals surface area contributed by atoms with Gasteiger partial charge in [0.05, 0.1) is 31.3 Å².